The van der Waals surface area contributed by atoms with E-state index >= 15 is 0 Å². The minimum Gasteiger partial charge on any atom is -0.392 e. The zero-order chi connectivity index (χ0) is 7.84. The maximum Gasteiger partial charge on any atom is 0.175 e. The summed E-state index contributed by atoms with van der Waals surface area (Å²) < 4.78 is 0. The summed E-state index contributed by atoms with van der Waals surface area (Å²) >= 11 is 1.47. The highest BCUT2D eigenvalue weighted by atomic mass is 32.1. The summed E-state index contributed by atoms with van der Waals surface area (Å²) in [6, 6.07) is 1.92. The first-order chi connectivity index (χ1) is 5.27. The standard InChI is InChI=1S/C8H8O2S/c9-6-3-5-1-2-11-8(5)7(10)4-6/h1-2,6,9H,3-4H2. The van der Waals surface area contributed by atoms with Crippen molar-refractivity contribution in [2.45, 2.75) is 18.9 Å². The summed E-state index contributed by atoms with van der Waals surface area (Å²) in [5.74, 6) is 0.0914. The van der Waals surface area contributed by atoms with Crippen molar-refractivity contribution in [3.8, 4) is 0 Å². The van der Waals surface area contributed by atoms with Crippen LogP contribution >= 0.6 is 11.3 Å². The number of ketones is 1. The van der Waals surface area contributed by atoms with Crippen molar-refractivity contribution in [1.29, 1.82) is 0 Å². The number of carbonyl (C=O) groups is 1. The van der Waals surface area contributed by atoms with Gasteiger partial charge in [0.1, 0.15) is 0 Å². The quantitative estimate of drug-likeness (QED) is 0.632. The van der Waals surface area contributed by atoms with Gasteiger partial charge in [0.2, 0.25) is 0 Å². The van der Waals surface area contributed by atoms with Gasteiger partial charge in [-0.3, -0.25) is 4.79 Å². The van der Waals surface area contributed by atoms with Crippen molar-refractivity contribution in [2.75, 3.05) is 0 Å². The van der Waals surface area contributed by atoms with Crippen molar-refractivity contribution in [3.05, 3.63) is 21.9 Å². The third kappa shape index (κ3) is 1.10. The normalized spacial score (nSPS) is 23.4. The van der Waals surface area contributed by atoms with Crippen LogP contribution in [-0.2, 0) is 6.42 Å². The fourth-order valence-corrected chi connectivity index (χ4v) is 2.26. The third-order valence-electron chi connectivity index (χ3n) is 1.88. The molecule has 2 nitrogen and oxygen atoms in total. The van der Waals surface area contributed by atoms with Crippen LogP contribution in [0.1, 0.15) is 21.7 Å². The van der Waals surface area contributed by atoms with Crippen LogP contribution in [0.4, 0.5) is 0 Å². The molecule has 0 aliphatic heterocycles. The summed E-state index contributed by atoms with van der Waals surface area (Å²) in [5.41, 5.74) is 1.01. The molecule has 3 heteroatoms. The summed E-state index contributed by atoms with van der Waals surface area (Å²) in [6.45, 7) is 0. The fraction of sp³-hybridized carbons (Fsp3) is 0.375. The largest absolute Gasteiger partial charge is 0.392 e. The van der Waals surface area contributed by atoms with E-state index in [2.05, 4.69) is 0 Å². The lowest BCUT2D eigenvalue weighted by Crippen LogP contribution is -2.22. The van der Waals surface area contributed by atoms with Crippen LogP contribution in [0, 0.1) is 0 Å². The van der Waals surface area contributed by atoms with Gasteiger partial charge in [-0.05, 0) is 17.0 Å². The second-order valence-corrected chi connectivity index (χ2v) is 3.68. The lowest BCUT2D eigenvalue weighted by atomic mass is 9.96. The molecular weight excluding hydrogens is 160 g/mol. The summed E-state index contributed by atoms with van der Waals surface area (Å²) in [5, 5.41) is 11.1. The molecule has 1 N–H and O–H groups in total. The molecule has 0 aromatic carbocycles. The lowest BCUT2D eigenvalue weighted by Gasteiger charge is -2.15. The molecule has 58 valence electrons. The first-order valence-corrected chi connectivity index (χ1v) is 4.43. The number of carbonyl (C=O) groups excluding carboxylic acids is 1. The number of fused-ring (bicyclic) bond motifs is 1. The van der Waals surface area contributed by atoms with E-state index in [9.17, 15) is 9.90 Å². The van der Waals surface area contributed by atoms with Gasteiger partial charge in [-0.1, -0.05) is 0 Å². The van der Waals surface area contributed by atoms with E-state index in [1.54, 1.807) is 0 Å². The first-order valence-electron chi connectivity index (χ1n) is 3.55. The number of hydrogen-bond donors (Lipinski definition) is 1. The van der Waals surface area contributed by atoms with Gasteiger partial charge in [0.25, 0.3) is 0 Å². The molecule has 0 amide bonds. The molecule has 1 heterocycles. The predicted octanol–water partition coefficient (Wildman–Crippen LogP) is 1.24. The number of Topliss-reactive ketones (excluding diaryl/α,β-unsaturated/α-hetero) is 1. The van der Waals surface area contributed by atoms with E-state index in [4.69, 9.17) is 0 Å². The molecule has 1 unspecified atom stereocenters. The molecular formula is C8H8O2S. The molecule has 1 aliphatic rings. The smallest absolute Gasteiger partial charge is 0.175 e. The van der Waals surface area contributed by atoms with Gasteiger partial charge in [0, 0.05) is 12.8 Å². The zero-order valence-corrected chi connectivity index (χ0v) is 6.73. The van der Waals surface area contributed by atoms with Gasteiger partial charge in [-0.15, -0.1) is 11.3 Å². The Balaban J connectivity index is 2.44. The second-order valence-electron chi connectivity index (χ2n) is 2.76. The number of hydrogen-bond acceptors (Lipinski definition) is 3. The van der Waals surface area contributed by atoms with Crippen LogP contribution in [-0.4, -0.2) is 17.0 Å². The average molecular weight is 168 g/mol. The Morgan fingerprint density at radius 3 is 3.18 bits per heavy atom. The molecule has 1 atom stereocenters. The Morgan fingerprint density at radius 2 is 2.36 bits per heavy atom. The molecule has 11 heavy (non-hydrogen) atoms. The molecule has 1 aliphatic carbocycles. The van der Waals surface area contributed by atoms with Crippen LogP contribution in [0.3, 0.4) is 0 Å². The van der Waals surface area contributed by atoms with Crippen molar-refractivity contribution in [1.82, 2.24) is 0 Å². The monoisotopic (exact) mass is 168 g/mol. The van der Waals surface area contributed by atoms with E-state index in [0.717, 1.165) is 10.4 Å². The van der Waals surface area contributed by atoms with Crippen molar-refractivity contribution >= 4 is 17.1 Å². The van der Waals surface area contributed by atoms with Gasteiger partial charge in [0.05, 0.1) is 11.0 Å². The SMILES string of the molecule is O=C1CC(O)Cc2ccsc21. The average Bonchev–Trinajstić information content (AvgIpc) is 2.34. The minimum absolute atomic E-state index is 0.0914. The molecule has 0 fully saturated rings. The molecule has 0 bridgehead atoms. The zero-order valence-electron chi connectivity index (χ0n) is 5.91. The Hall–Kier alpha value is -0.670. The van der Waals surface area contributed by atoms with Crippen molar-refractivity contribution in [3.63, 3.8) is 0 Å². The van der Waals surface area contributed by atoms with Crippen LogP contribution in [0.2, 0.25) is 0 Å². The highest BCUT2D eigenvalue weighted by Crippen LogP contribution is 2.25. The van der Waals surface area contributed by atoms with E-state index in [-0.39, 0.29) is 5.78 Å². The van der Waals surface area contributed by atoms with Gasteiger partial charge in [-0.2, -0.15) is 0 Å². The van der Waals surface area contributed by atoms with E-state index in [1.807, 2.05) is 11.4 Å². The van der Waals surface area contributed by atoms with Gasteiger partial charge in [-0.25, -0.2) is 0 Å². The van der Waals surface area contributed by atoms with Crippen LogP contribution < -0.4 is 0 Å². The Morgan fingerprint density at radius 1 is 1.55 bits per heavy atom. The Kier molecular flexibility index (Phi) is 1.55. The van der Waals surface area contributed by atoms with Crippen LogP contribution in [0.25, 0.3) is 0 Å². The van der Waals surface area contributed by atoms with Gasteiger partial charge in [0.15, 0.2) is 5.78 Å². The second kappa shape index (κ2) is 2.43. The highest BCUT2D eigenvalue weighted by molar-refractivity contribution is 7.12. The third-order valence-corrected chi connectivity index (χ3v) is 2.87. The first kappa shape index (κ1) is 7.00. The van der Waals surface area contributed by atoms with Crippen LogP contribution in [0.15, 0.2) is 11.4 Å². The van der Waals surface area contributed by atoms with E-state index in [1.165, 1.54) is 11.3 Å². The van der Waals surface area contributed by atoms with E-state index < -0.39 is 6.10 Å². The summed E-state index contributed by atoms with van der Waals surface area (Å²) in [4.78, 5) is 12.1. The lowest BCUT2D eigenvalue weighted by molar-refractivity contribution is 0.0859. The molecule has 2 rings (SSSR count). The maximum atomic E-state index is 11.2. The minimum atomic E-state index is -0.454. The Bertz CT molecular complexity index is 290. The number of aliphatic hydroxyl groups excluding tert-OH is 1. The summed E-state index contributed by atoms with van der Waals surface area (Å²) in [7, 11) is 0. The van der Waals surface area contributed by atoms with Crippen LogP contribution in [0.5, 0.6) is 0 Å². The number of aliphatic hydroxyl groups is 1. The Labute approximate surface area is 68.5 Å². The number of rotatable bonds is 0. The molecule has 0 saturated carbocycles. The molecule has 1 aromatic rings. The fourth-order valence-electron chi connectivity index (χ4n) is 1.37. The van der Waals surface area contributed by atoms with Crippen molar-refractivity contribution < 1.29 is 9.90 Å². The number of thiophene rings is 1. The van der Waals surface area contributed by atoms with Gasteiger partial charge < -0.3 is 5.11 Å². The van der Waals surface area contributed by atoms with E-state index in [0.29, 0.717) is 12.8 Å². The maximum absolute atomic E-state index is 11.2. The van der Waals surface area contributed by atoms with Gasteiger partial charge >= 0.3 is 0 Å². The molecule has 0 radical (unpaired) electrons. The van der Waals surface area contributed by atoms with Crippen molar-refractivity contribution in [2.24, 2.45) is 0 Å². The molecule has 1 aromatic heterocycles. The molecule has 0 spiro atoms. The topological polar surface area (TPSA) is 37.3 Å². The molecule has 0 saturated heterocycles. The predicted molar refractivity (Wildman–Crippen MR) is 43.0 cm³/mol. The highest BCUT2D eigenvalue weighted by Gasteiger charge is 2.23. The summed E-state index contributed by atoms with van der Waals surface area (Å²) in [6.07, 6.45) is 0.488.